The Kier molecular flexibility index (Phi) is 5.73. The van der Waals surface area contributed by atoms with Crippen molar-refractivity contribution in [1.29, 1.82) is 0 Å². The molecule has 0 aliphatic carbocycles. The van der Waals surface area contributed by atoms with E-state index < -0.39 is 0 Å². The van der Waals surface area contributed by atoms with Crippen molar-refractivity contribution < 1.29 is 0 Å². The van der Waals surface area contributed by atoms with E-state index in [0.717, 1.165) is 37.6 Å². The zero-order valence-electron chi connectivity index (χ0n) is 18.7. The zero-order valence-corrected chi connectivity index (χ0v) is 18.7. The number of anilines is 1. The molecule has 4 nitrogen and oxygen atoms in total. The van der Waals surface area contributed by atoms with E-state index in [1.165, 1.54) is 53.6 Å². The third kappa shape index (κ3) is 4.22. The van der Waals surface area contributed by atoms with Gasteiger partial charge in [-0.15, -0.1) is 5.10 Å². The van der Waals surface area contributed by atoms with Crippen LogP contribution in [0.15, 0.2) is 54.6 Å². The molecule has 0 saturated carbocycles. The zero-order chi connectivity index (χ0) is 21.2. The van der Waals surface area contributed by atoms with Crippen LogP contribution >= 0.6 is 0 Å². The largest absolute Gasteiger partial charge is 0.355 e. The van der Waals surface area contributed by atoms with Gasteiger partial charge in [0.2, 0.25) is 0 Å². The van der Waals surface area contributed by atoms with Gasteiger partial charge in [0.25, 0.3) is 0 Å². The number of rotatable bonds is 4. The van der Waals surface area contributed by atoms with Gasteiger partial charge in [0.1, 0.15) is 0 Å². The fourth-order valence-corrected chi connectivity index (χ4v) is 5.17. The Morgan fingerprint density at radius 1 is 0.806 bits per heavy atom. The van der Waals surface area contributed by atoms with Gasteiger partial charge in [0.15, 0.2) is 5.82 Å². The van der Waals surface area contributed by atoms with E-state index in [1.807, 2.05) is 0 Å². The minimum absolute atomic E-state index is 0.677. The summed E-state index contributed by atoms with van der Waals surface area (Å²) >= 11 is 0. The second kappa shape index (κ2) is 8.80. The molecule has 0 unspecified atom stereocenters. The van der Waals surface area contributed by atoms with Gasteiger partial charge in [-0.05, 0) is 60.9 Å². The summed E-state index contributed by atoms with van der Waals surface area (Å²) in [6, 6.07) is 20.2. The van der Waals surface area contributed by atoms with Crippen LogP contribution < -0.4 is 4.90 Å². The second-order valence-electron chi connectivity index (χ2n) is 9.09. The summed E-state index contributed by atoms with van der Waals surface area (Å²) in [6.45, 7) is 8.83. The second-order valence-corrected chi connectivity index (χ2v) is 9.09. The quantitative estimate of drug-likeness (QED) is 0.621. The van der Waals surface area contributed by atoms with Crippen LogP contribution in [0.5, 0.6) is 0 Å². The SMILES string of the molecule is Cc1c(Cc2ccccc2)nnc(N2CCC(N3CCc4ccccc4C3)CC2)c1C. The van der Waals surface area contributed by atoms with E-state index in [4.69, 9.17) is 0 Å². The van der Waals surface area contributed by atoms with Gasteiger partial charge in [-0.2, -0.15) is 5.10 Å². The van der Waals surface area contributed by atoms with Gasteiger partial charge in [0, 0.05) is 38.6 Å². The van der Waals surface area contributed by atoms with Crippen LogP contribution in [0, 0.1) is 13.8 Å². The molecule has 2 aliphatic rings. The molecular weight excluding hydrogens is 380 g/mol. The van der Waals surface area contributed by atoms with E-state index in [0.29, 0.717) is 6.04 Å². The Balaban J connectivity index is 1.24. The van der Waals surface area contributed by atoms with E-state index >= 15 is 0 Å². The van der Waals surface area contributed by atoms with Crippen LogP contribution in [0.2, 0.25) is 0 Å². The highest BCUT2D eigenvalue weighted by atomic mass is 15.3. The molecule has 160 valence electrons. The number of aromatic nitrogens is 2. The van der Waals surface area contributed by atoms with Crippen LogP contribution in [0.25, 0.3) is 0 Å². The highest BCUT2D eigenvalue weighted by molar-refractivity contribution is 5.51. The van der Waals surface area contributed by atoms with Crippen molar-refractivity contribution in [2.75, 3.05) is 24.5 Å². The molecule has 1 fully saturated rings. The van der Waals surface area contributed by atoms with Crippen molar-refractivity contribution in [2.24, 2.45) is 0 Å². The molecule has 5 rings (SSSR count). The molecule has 0 N–H and O–H groups in total. The number of hydrogen-bond donors (Lipinski definition) is 0. The van der Waals surface area contributed by atoms with Crippen molar-refractivity contribution in [1.82, 2.24) is 15.1 Å². The fourth-order valence-electron chi connectivity index (χ4n) is 5.17. The maximum Gasteiger partial charge on any atom is 0.154 e. The number of nitrogens with zero attached hydrogens (tertiary/aromatic N) is 4. The monoisotopic (exact) mass is 412 g/mol. The molecule has 2 aliphatic heterocycles. The van der Waals surface area contributed by atoms with Crippen LogP contribution in [0.3, 0.4) is 0 Å². The smallest absolute Gasteiger partial charge is 0.154 e. The molecule has 3 aromatic rings. The highest BCUT2D eigenvalue weighted by Gasteiger charge is 2.28. The van der Waals surface area contributed by atoms with Crippen molar-refractivity contribution >= 4 is 5.82 Å². The van der Waals surface area contributed by atoms with E-state index in [2.05, 4.69) is 88.4 Å². The van der Waals surface area contributed by atoms with Crippen LogP contribution in [0.1, 0.15) is 46.4 Å². The maximum absolute atomic E-state index is 4.69. The first kappa shape index (κ1) is 20.2. The van der Waals surface area contributed by atoms with Crippen molar-refractivity contribution in [3.8, 4) is 0 Å². The lowest BCUT2D eigenvalue weighted by molar-refractivity contribution is 0.153. The Labute approximate surface area is 185 Å². The number of fused-ring (bicyclic) bond motifs is 1. The Bertz CT molecular complexity index is 1040. The minimum Gasteiger partial charge on any atom is -0.355 e. The van der Waals surface area contributed by atoms with Crippen LogP contribution in [-0.2, 0) is 19.4 Å². The van der Waals surface area contributed by atoms with Crippen molar-refractivity contribution in [3.63, 3.8) is 0 Å². The summed E-state index contributed by atoms with van der Waals surface area (Å²) in [6.07, 6.45) is 4.44. The van der Waals surface area contributed by atoms with Crippen molar-refractivity contribution in [2.45, 2.75) is 52.1 Å². The average Bonchev–Trinajstić information content (AvgIpc) is 2.83. The van der Waals surface area contributed by atoms with Crippen LogP contribution in [0.4, 0.5) is 5.82 Å². The maximum atomic E-state index is 4.69. The standard InChI is InChI=1S/C27H32N4/c1-20-21(2)27(29-28-26(20)18-22-8-4-3-5-9-22)30-16-13-25(14-17-30)31-15-12-23-10-6-7-11-24(23)19-31/h3-11,25H,12-19H2,1-2H3. The molecule has 1 saturated heterocycles. The Morgan fingerprint density at radius 2 is 1.52 bits per heavy atom. The van der Waals surface area contributed by atoms with Gasteiger partial charge in [-0.1, -0.05) is 54.6 Å². The lowest BCUT2D eigenvalue weighted by Gasteiger charge is -2.41. The predicted octanol–water partition coefficient (Wildman–Crippen LogP) is 4.71. The average molecular weight is 413 g/mol. The summed E-state index contributed by atoms with van der Waals surface area (Å²) in [5.41, 5.74) is 8.00. The molecule has 0 radical (unpaired) electrons. The molecule has 0 bridgehead atoms. The van der Waals surface area contributed by atoms with Gasteiger partial charge in [0.05, 0.1) is 5.69 Å². The Hall–Kier alpha value is -2.72. The normalized spacial score (nSPS) is 17.5. The molecule has 2 aromatic carbocycles. The topological polar surface area (TPSA) is 32.3 Å². The number of piperidine rings is 1. The lowest BCUT2D eigenvalue weighted by atomic mass is 9.95. The molecule has 0 amide bonds. The first-order chi connectivity index (χ1) is 15.2. The van der Waals surface area contributed by atoms with Crippen molar-refractivity contribution in [3.05, 3.63) is 88.1 Å². The summed E-state index contributed by atoms with van der Waals surface area (Å²) < 4.78 is 0. The van der Waals surface area contributed by atoms with E-state index in [-0.39, 0.29) is 0 Å². The van der Waals surface area contributed by atoms with Gasteiger partial charge >= 0.3 is 0 Å². The summed E-state index contributed by atoms with van der Waals surface area (Å²) in [4.78, 5) is 5.16. The summed E-state index contributed by atoms with van der Waals surface area (Å²) in [7, 11) is 0. The van der Waals surface area contributed by atoms with Gasteiger partial charge < -0.3 is 4.90 Å². The first-order valence-corrected chi connectivity index (χ1v) is 11.6. The van der Waals surface area contributed by atoms with Gasteiger partial charge in [-0.25, -0.2) is 0 Å². The lowest BCUT2D eigenvalue weighted by Crippen LogP contribution is -2.47. The third-order valence-corrected chi connectivity index (χ3v) is 7.25. The first-order valence-electron chi connectivity index (χ1n) is 11.6. The molecule has 0 atom stereocenters. The molecule has 3 heterocycles. The molecular formula is C27H32N4. The predicted molar refractivity (Wildman–Crippen MR) is 127 cm³/mol. The molecule has 1 aromatic heterocycles. The minimum atomic E-state index is 0.677. The number of benzene rings is 2. The highest BCUT2D eigenvalue weighted by Crippen LogP contribution is 2.29. The summed E-state index contributed by atoms with van der Waals surface area (Å²) in [5, 5.41) is 9.33. The molecule has 0 spiro atoms. The van der Waals surface area contributed by atoms with E-state index in [9.17, 15) is 0 Å². The van der Waals surface area contributed by atoms with Gasteiger partial charge in [-0.3, -0.25) is 4.90 Å². The summed E-state index contributed by atoms with van der Waals surface area (Å²) in [5.74, 6) is 1.08. The molecule has 31 heavy (non-hydrogen) atoms. The van der Waals surface area contributed by atoms with Crippen LogP contribution in [-0.4, -0.2) is 40.8 Å². The third-order valence-electron chi connectivity index (χ3n) is 7.25. The van der Waals surface area contributed by atoms with E-state index in [1.54, 1.807) is 0 Å². The number of hydrogen-bond acceptors (Lipinski definition) is 4. The molecule has 4 heteroatoms. The Morgan fingerprint density at radius 3 is 2.29 bits per heavy atom. The fraction of sp³-hybridized carbons (Fsp3) is 0.407.